The Bertz CT molecular complexity index is 381. The van der Waals surface area contributed by atoms with Gasteiger partial charge < -0.3 is 14.9 Å². The molecule has 1 aliphatic rings. The van der Waals surface area contributed by atoms with Crippen LogP contribution < -0.4 is 5.73 Å². The Labute approximate surface area is 110 Å². The van der Waals surface area contributed by atoms with Gasteiger partial charge in [-0.1, -0.05) is 0 Å². The highest BCUT2D eigenvalue weighted by molar-refractivity contribution is 5.02. The van der Waals surface area contributed by atoms with Gasteiger partial charge in [0.15, 0.2) is 0 Å². The van der Waals surface area contributed by atoms with Crippen molar-refractivity contribution in [3.63, 3.8) is 0 Å². The molecule has 0 radical (unpaired) electrons. The van der Waals surface area contributed by atoms with Crippen LogP contribution in [0.2, 0.25) is 0 Å². The Balaban J connectivity index is 1.94. The highest BCUT2D eigenvalue weighted by Crippen LogP contribution is 2.43. The van der Waals surface area contributed by atoms with Gasteiger partial charge in [0.05, 0.1) is 17.5 Å². The molecule has 0 aliphatic carbocycles. The highest BCUT2D eigenvalue weighted by atomic mass is 16.5. The van der Waals surface area contributed by atoms with Crippen molar-refractivity contribution in [1.82, 2.24) is 0 Å². The number of hydrogen-bond donors (Lipinski definition) is 1. The van der Waals surface area contributed by atoms with Gasteiger partial charge in [0.1, 0.15) is 5.76 Å². The number of ether oxygens (including phenoxy) is 1. The van der Waals surface area contributed by atoms with Crippen molar-refractivity contribution < 1.29 is 9.15 Å². The van der Waals surface area contributed by atoms with Gasteiger partial charge in [-0.3, -0.25) is 0 Å². The molecule has 0 aromatic carbocycles. The second-order valence-corrected chi connectivity index (χ2v) is 6.56. The molecule has 3 heteroatoms. The lowest BCUT2D eigenvalue weighted by molar-refractivity contribution is -0.0767. The molecule has 2 heterocycles. The fraction of sp³-hybridized carbons (Fsp3) is 0.733. The van der Waals surface area contributed by atoms with Crippen LogP contribution in [0.25, 0.3) is 0 Å². The van der Waals surface area contributed by atoms with Crippen LogP contribution in [0, 0.1) is 5.92 Å². The van der Waals surface area contributed by atoms with Crippen LogP contribution in [0.1, 0.15) is 46.3 Å². The maximum absolute atomic E-state index is 6.37. The Morgan fingerprint density at radius 3 is 2.61 bits per heavy atom. The van der Waals surface area contributed by atoms with Gasteiger partial charge in [-0.15, -0.1) is 0 Å². The second kappa shape index (κ2) is 4.71. The van der Waals surface area contributed by atoms with E-state index in [4.69, 9.17) is 14.9 Å². The maximum Gasteiger partial charge on any atom is 0.103 e. The zero-order valence-corrected chi connectivity index (χ0v) is 11.9. The van der Waals surface area contributed by atoms with Crippen molar-refractivity contribution in [3.05, 3.63) is 24.2 Å². The van der Waals surface area contributed by atoms with E-state index in [1.54, 1.807) is 6.26 Å². The molecule has 1 aromatic rings. The van der Waals surface area contributed by atoms with Gasteiger partial charge in [0, 0.05) is 18.4 Å². The maximum atomic E-state index is 6.37. The number of rotatable bonds is 4. The summed E-state index contributed by atoms with van der Waals surface area (Å²) in [6, 6.07) is 4.09. The largest absolute Gasteiger partial charge is 0.469 e. The van der Waals surface area contributed by atoms with Crippen molar-refractivity contribution in [2.45, 2.75) is 64.2 Å². The lowest BCUT2D eigenvalue weighted by Gasteiger charge is -2.30. The Hall–Kier alpha value is -0.800. The number of hydrogen-bond acceptors (Lipinski definition) is 3. The van der Waals surface area contributed by atoms with Crippen LogP contribution >= 0.6 is 0 Å². The lowest BCUT2D eigenvalue weighted by atomic mass is 9.80. The standard InChI is InChI=1S/C15H25NO2/c1-14(2)10-12(15(3,4)18-14)13(16)8-7-11-6-5-9-17-11/h5-6,9,12-13H,7-8,10,16H2,1-4H3. The van der Waals surface area contributed by atoms with E-state index in [1.165, 1.54) is 0 Å². The summed E-state index contributed by atoms with van der Waals surface area (Å²) in [6.45, 7) is 8.60. The van der Waals surface area contributed by atoms with Crippen LogP contribution in [0.4, 0.5) is 0 Å². The third-order valence-electron chi connectivity index (χ3n) is 3.96. The van der Waals surface area contributed by atoms with E-state index in [0.717, 1.165) is 25.0 Å². The first-order chi connectivity index (χ1) is 8.30. The molecule has 18 heavy (non-hydrogen) atoms. The van der Waals surface area contributed by atoms with Crippen LogP contribution in [0.15, 0.2) is 22.8 Å². The number of furan rings is 1. The number of aryl methyl sites for hydroxylation is 1. The normalized spacial score (nSPS) is 27.3. The summed E-state index contributed by atoms with van der Waals surface area (Å²) in [5.41, 5.74) is 6.18. The predicted octanol–water partition coefficient (Wildman–Crippen LogP) is 3.13. The van der Waals surface area contributed by atoms with Crippen molar-refractivity contribution in [3.8, 4) is 0 Å². The molecule has 2 unspecified atom stereocenters. The first-order valence-corrected chi connectivity index (χ1v) is 6.78. The second-order valence-electron chi connectivity index (χ2n) is 6.56. The summed E-state index contributed by atoms with van der Waals surface area (Å²) < 4.78 is 11.5. The molecule has 102 valence electrons. The van der Waals surface area contributed by atoms with E-state index in [9.17, 15) is 0 Å². The molecule has 0 bridgehead atoms. The van der Waals surface area contributed by atoms with E-state index >= 15 is 0 Å². The predicted molar refractivity (Wildman–Crippen MR) is 72.4 cm³/mol. The van der Waals surface area contributed by atoms with E-state index < -0.39 is 0 Å². The van der Waals surface area contributed by atoms with Crippen LogP contribution in [0.5, 0.6) is 0 Å². The van der Waals surface area contributed by atoms with Crippen LogP contribution in [-0.2, 0) is 11.2 Å². The molecule has 1 fully saturated rings. The first kappa shape index (κ1) is 13.6. The van der Waals surface area contributed by atoms with Crippen molar-refractivity contribution in [2.24, 2.45) is 11.7 Å². The van der Waals surface area contributed by atoms with Gasteiger partial charge in [-0.25, -0.2) is 0 Å². The quantitative estimate of drug-likeness (QED) is 0.894. The number of nitrogens with two attached hydrogens (primary N) is 1. The van der Waals surface area contributed by atoms with Gasteiger partial charge >= 0.3 is 0 Å². The monoisotopic (exact) mass is 251 g/mol. The summed E-state index contributed by atoms with van der Waals surface area (Å²) in [5.74, 6) is 1.42. The molecule has 3 nitrogen and oxygen atoms in total. The van der Waals surface area contributed by atoms with Crippen LogP contribution in [-0.4, -0.2) is 17.2 Å². The average Bonchev–Trinajstić information content (AvgIpc) is 2.80. The smallest absolute Gasteiger partial charge is 0.103 e. The highest BCUT2D eigenvalue weighted by Gasteiger charge is 2.47. The Morgan fingerprint density at radius 2 is 2.11 bits per heavy atom. The van der Waals surface area contributed by atoms with Gasteiger partial charge in [0.25, 0.3) is 0 Å². The topological polar surface area (TPSA) is 48.4 Å². The molecule has 2 N–H and O–H groups in total. The van der Waals surface area contributed by atoms with E-state index in [-0.39, 0.29) is 17.2 Å². The van der Waals surface area contributed by atoms with Gasteiger partial charge in [-0.2, -0.15) is 0 Å². The molecule has 2 atom stereocenters. The minimum absolute atomic E-state index is 0.0591. The summed E-state index contributed by atoms with van der Waals surface area (Å²) in [6.07, 6.45) is 4.59. The van der Waals surface area contributed by atoms with Crippen molar-refractivity contribution in [1.29, 1.82) is 0 Å². The lowest BCUT2D eigenvalue weighted by Crippen LogP contribution is -2.41. The minimum atomic E-state index is -0.133. The molecule has 0 spiro atoms. The molecule has 1 aromatic heterocycles. The summed E-state index contributed by atoms with van der Waals surface area (Å²) in [7, 11) is 0. The Kier molecular flexibility index (Phi) is 3.56. The summed E-state index contributed by atoms with van der Waals surface area (Å²) in [5, 5.41) is 0. The summed E-state index contributed by atoms with van der Waals surface area (Å²) >= 11 is 0. The molecular formula is C15H25NO2. The van der Waals surface area contributed by atoms with Crippen molar-refractivity contribution in [2.75, 3.05) is 0 Å². The minimum Gasteiger partial charge on any atom is -0.469 e. The molecular weight excluding hydrogens is 226 g/mol. The van der Waals surface area contributed by atoms with Gasteiger partial charge in [-0.05, 0) is 52.7 Å². The fourth-order valence-electron chi connectivity index (χ4n) is 3.24. The van der Waals surface area contributed by atoms with Gasteiger partial charge in [0.2, 0.25) is 0 Å². The molecule has 1 saturated heterocycles. The molecule has 2 rings (SSSR count). The summed E-state index contributed by atoms with van der Waals surface area (Å²) in [4.78, 5) is 0. The molecule has 0 amide bonds. The molecule has 0 saturated carbocycles. The zero-order valence-electron chi connectivity index (χ0n) is 11.9. The van der Waals surface area contributed by atoms with E-state index in [0.29, 0.717) is 5.92 Å². The van der Waals surface area contributed by atoms with Crippen LogP contribution in [0.3, 0.4) is 0 Å². The average molecular weight is 251 g/mol. The van der Waals surface area contributed by atoms with Crippen molar-refractivity contribution >= 4 is 0 Å². The zero-order chi connectivity index (χ0) is 13.4. The third-order valence-corrected chi connectivity index (χ3v) is 3.96. The third kappa shape index (κ3) is 2.96. The first-order valence-electron chi connectivity index (χ1n) is 6.78. The van der Waals surface area contributed by atoms with E-state index in [1.807, 2.05) is 12.1 Å². The Morgan fingerprint density at radius 1 is 1.39 bits per heavy atom. The SMILES string of the molecule is CC1(C)CC(C(N)CCc2ccco2)C(C)(C)O1. The van der Waals surface area contributed by atoms with E-state index in [2.05, 4.69) is 27.7 Å². The fourth-order valence-corrected chi connectivity index (χ4v) is 3.24. The molecule has 1 aliphatic heterocycles.